The van der Waals surface area contributed by atoms with Crippen LogP contribution in [-0.2, 0) is 0 Å². The van der Waals surface area contributed by atoms with E-state index in [1.807, 2.05) is 22.7 Å². The van der Waals surface area contributed by atoms with Crippen molar-refractivity contribution in [3.05, 3.63) is 54.5 Å². The lowest BCUT2D eigenvalue weighted by atomic mass is 9.99. The fourth-order valence-corrected chi connectivity index (χ4v) is 3.70. The van der Waals surface area contributed by atoms with Crippen LogP contribution in [0.15, 0.2) is 58.0 Å². The fourth-order valence-electron chi connectivity index (χ4n) is 2.59. The Balaban J connectivity index is 1.46. The zero-order valence-corrected chi connectivity index (χ0v) is 12.7. The number of hydrogen-bond acceptors (Lipinski definition) is 3. The Morgan fingerprint density at radius 2 is 1.90 bits per heavy atom. The molecule has 4 heteroatoms. The summed E-state index contributed by atoms with van der Waals surface area (Å²) in [5, 5.41) is 0. The predicted molar refractivity (Wildman–Crippen MR) is 84.5 cm³/mol. The van der Waals surface area contributed by atoms with E-state index in [0.29, 0.717) is 11.7 Å². The Bertz CT molecular complexity index is 560. The summed E-state index contributed by atoms with van der Waals surface area (Å²) in [5.74, 6) is 2.30. The van der Waals surface area contributed by atoms with Gasteiger partial charge in [0.25, 0.3) is 5.91 Å². The monoisotopic (exact) mass is 301 g/mol. The first kappa shape index (κ1) is 14.3. The van der Waals surface area contributed by atoms with Gasteiger partial charge in [-0.1, -0.05) is 18.2 Å². The minimum atomic E-state index is 0.0224. The van der Waals surface area contributed by atoms with Gasteiger partial charge in [0.1, 0.15) is 0 Å². The van der Waals surface area contributed by atoms with Gasteiger partial charge in [0.15, 0.2) is 5.76 Å². The fraction of sp³-hybridized carbons (Fsp3) is 0.353. The van der Waals surface area contributed by atoms with Gasteiger partial charge in [-0.25, -0.2) is 0 Å². The average Bonchev–Trinajstić information content (AvgIpc) is 3.08. The third-order valence-electron chi connectivity index (χ3n) is 3.86. The molecule has 0 spiro atoms. The van der Waals surface area contributed by atoms with Crippen LogP contribution in [-0.4, -0.2) is 29.6 Å². The van der Waals surface area contributed by atoms with Crippen LogP contribution in [0, 0.1) is 5.92 Å². The zero-order valence-electron chi connectivity index (χ0n) is 11.9. The standard InChI is InChI=1S/C17H19NO2S/c19-17(16-7-4-12-20-16)18-10-8-14(9-11-18)13-21-15-5-2-1-3-6-15/h1-7,12,14H,8-11,13H2. The molecule has 3 rings (SSSR count). The van der Waals surface area contributed by atoms with Gasteiger partial charge in [0.05, 0.1) is 6.26 Å². The summed E-state index contributed by atoms with van der Waals surface area (Å²) >= 11 is 1.91. The van der Waals surface area contributed by atoms with Crippen LogP contribution in [0.3, 0.4) is 0 Å². The number of rotatable bonds is 4. The molecule has 3 nitrogen and oxygen atoms in total. The van der Waals surface area contributed by atoms with Crippen molar-refractivity contribution >= 4 is 17.7 Å². The average molecular weight is 301 g/mol. The Hall–Kier alpha value is -1.68. The van der Waals surface area contributed by atoms with Crippen molar-refractivity contribution < 1.29 is 9.21 Å². The second-order valence-corrected chi connectivity index (χ2v) is 6.43. The van der Waals surface area contributed by atoms with E-state index in [2.05, 4.69) is 24.3 Å². The van der Waals surface area contributed by atoms with Crippen LogP contribution in [0.4, 0.5) is 0 Å². The van der Waals surface area contributed by atoms with Crippen molar-refractivity contribution in [2.45, 2.75) is 17.7 Å². The highest BCUT2D eigenvalue weighted by Crippen LogP contribution is 2.26. The molecule has 1 amide bonds. The molecule has 2 heterocycles. The van der Waals surface area contributed by atoms with Gasteiger partial charge < -0.3 is 9.32 Å². The van der Waals surface area contributed by atoms with Crippen LogP contribution < -0.4 is 0 Å². The molecule has 110 valence electrons. The SMILES string of the molecule is O=C(c1ccco1)N1CCC(CSc2ccccc2)CC1. The number of carbonyl (C=O) groups excluding carboxylic acids is 1. The maximum Gasteiger partial charge on any atom is 0.289 e. The lowest BCUT2D eigenvalue weighted by molar-refractivity contribution is 0.0666. The first-order chi connectivity index (χ1) is 10.3. The van der Waals surface area contributed by atoms with Crippen molar-refractivity contribution in [2.75, 3.05) is 18.8 Å². The van der Waals surface area contributed by atoms with Gasteiger partial charge in [0.2, 0.25) is 0 Å². The second-order valence-electron chi connectivity index (χ2n) is 5.34. The van der Waals surface area contributed by atoms with Crippen molar-refractivity contribution in [1.29, 1.82) is 0 Å². The van der Waals surface area contributed by atoms with E-state index >= 15 is 0 Å². The molecule has 2 aromatic rings. The number of nitrogens with zero attached hydrogens (tertiary/aromatic N) is 1. The first-order valence-electron chi connectivity index (χ1n) is 7.33. The van der Waals surface area contributed by atoms with Crippen LogP contribution in [0.25, 0.3) is 0 Å². The van der Waals surface area contributed by atoms with Crippen molar-refractivity contribution in [3.8, 4) is 0 Å². The van der Waals surface area contributed by atoms with E-state index in [1.165, 1.54) is 4.90 Å². The maximum atomic E-state index is 12.2. The Morgan fingerprint density at radius 3 is 2.57 bits per heavy atom. The largest absolute Gasteiger partial charge is 0.459 e. The zero-order chi connectivity index (χ0) is 14.5. The maximum absolute atomic E-state index is 12.2. The summed E-state index contributed by atoms with van der Waals surface area (Å²) in [6.45, 7) is 1.67. The molecular weight excluding hydrogens is 282 g/mol. The summed E-state index contributed by atoms with van der Waals surface area (Å²) in [6, 6.07) is 14.0. The highest BCUT2D eigenvalue weighted by atomic mass is 32.2. The Labute approximate surface area is 129 Å². The highest BCUT2D eigenvalue weighted by Gasteiger charge is 2.24. The summed E-state index contributed by atoms with van der Waals surface area (Å²) in [4.78, 5) is 15.4. The van der Waals surface area contributed by atoms with E-state index in [4.69, 9.17) is 4.42 Å². The van der Waals surface area contributed by atoms with E-state index in [9.17, 15) is 4.79 Å². The number of benzene rings is 1. The molecule has 1 aliphatic rings. The number of likely N-dealkylation sites (tertiary alicyclic amines) is 1. The molecule has 0 aliphatic carbocycles. The van der Waals surface area contributed by atoms with Crippen molar-refractivity contribution in [3.63, 3.8) is 0 Å². The van der Waals surface area contributed by atoms with Crippen LogP contribution in [0.5, 0.6) is 0 Å². The van der Waals surface area contributed by atoms with E-state index in [1.54, 1.807) is 18.4 Å². The predicted octanol–water partition coefficient (Wildman–Crippen LogP) is 3.92. The third kappa shape index (κ3) is 3.70. The van der Waals surface area contributed by atoms with Crippen LogP contribution in [0.2, 0.25) is 0 Å². The van der Waals surface area contributed by atoms with E-state index < -0.39 is 0 Å². The number of furan rings is 1. The number of thioether (sulfide) groups is 1. The lowest BCUT2D eigenvalue weighted by Crippen LogP contribution is -2.38. The summed E-state index contributed by atoms with van der Waals surface area (Å²) in [5.41, 5.74) is 0. The molecule has 0 saturated carbocycles. The molecule has 1 aliphatic heterocycles. The minimum absolute atomic E-state index is 0.0224. The third-order valence-corrected chi connectivity index (χ3v) is 5.11. The number of piperidine rings is 1. The van der Waals surface area contributed by atoms with Crippen molar-refractivity contribution in [2.24, 2.45) is 5.92 Å². The normalized spacial score (nSPS) is 16.1. The van der Waals surface area contributed by atoms with Crippen LogP contribution >= 0.6 is 11.8 Å². The Morgan fingerprint density at radius 1 is 1.14 bits per heavy atom. The summed E-state index contributed by atoms with van der Waals surface area (Å²) < 4.78 is 5.19. The molecule has 1 aromatic heterocycles. The first-order valence-corrected chi connectivity index (χ1v) is 8.32. The molecule has 1 aromatic carbocycles. The molecule has 0 bridgehead atoms. The smallest absolute Gasteiger partial charge is 0.289 e. The minimum Gasteiger partial charge on any atom is -0.459 e. The molecule has 1 fully saturated rings. The number of amides is 1. The van der Waals surface area contributed by atoms with Gasteiger partial charge in [-0.15, -0.1) is 11.8 Å². The van der Waals surface area contributed by atoms with E-state index in [0.717, 1.165) is 31.7 Å². The molecule has 0 unspecified atom stereocenters. The van der Waals surface area contributed by atoms with E-state index in [-0.39, 0.29) is 5.91 Å². The van der Waals surface area contributed by atoms with Gasteiger partial charge in [-0.3, -0.25) is 4.79 Å². The molecular formula is C17H19NO2S. The van der Waals surface area contributed by atoms with Gasteiger partial charge in [-0.2, -0.15) is 0 Å². The number of hydrogen-bond donors (Lipinski definition) is 0. The Kier molecular flexibility index (Phi) is 4.65. The second kappa shape index (κ2) is 6.85. The highest BCUT2D eigenvalue weighted by molar-refractivity contribution is 7.99. The van der Waals surface area contributed by atoms with Crippen LogP contribution in [0.1, 0.15) is 23.4 Å². The molecule has 0 N–H and O–H groups in total. The quantitative estimate of drug-likeness (QED) is 0.802. The summed E-state index contributed by atoms with van der Waals surface area (Å²) in [6.07, 6.45) is 3.70. The summed E-state index contributed by atoms with van der Waals surface area (Å²) in [7, 11) is 0. The van der Waals surface area contributed by atoms with Gasteiger partial charge in [-0.05, 0) is 43.0 Å². The van der Waals surface area contributed by atoms with Gasteiger partial charge in [0, 0.05) is 23.7 Å². The van der Waals surface area contributed by atoms with Gasteiger partial charge >= 0.3 is 0 Å². The molecule has 21 heavy (non-hydrogen) atoms. The number of carbonyl (C=O) groups is 1. The van der Waals surface area contributed by atoms with Crippen molar-refractivity contribution in [1.82, 2.24) is 4.90 Å². The topological polar surface area (TPSA) is 33.5 Å². The lowest BCUT2D eigenvalue weighted by Gasteiger charge is -2.31. The molecule has 0 atom stereocenters. The molecule has 0 radical (unpaired) electrons. The molecule has 1 saturated heterocycles.